The number of carbonyl (C=O) groups excluding carboxylic acids is 1. The van der Waals surface area contributed by atoms with Gasteiger partial charge in [-0.15, -0.1) is 0 Å². The summed E-state index contributed by atoms with van der Waals surface area (Å²) in [5.74, 6) is 1.31. The van der Waals surface area contributed by atoms with Crippen LogP contribution in [0.2, 0.25) is 0 Å². The smallest absolute Gasteiger partial charge is 0.162 e. The van der Waals surface area contributed by atoms with Crippen molar-refractivity contribution >= 4 is 11.6 Å². The van der Waals surface area contributed by atoms with Gasteiger partial charge in [0.2, 0.25) is 0 Å². The summed E-state index contributed by atoms with van der Waals surface area (Å²) in [7, 11) is 0. The Balaban J connectivity index is 1.39. The van der Waals surface area contributed by atoms with Crippen LogP contribution in [0.15, 0.2) is 48.7 Å². The first kappa shape index (κ1) is 16.7. The summed E-state index contributed by atoms with van der Waals surface area (Å²) in [4.78, 5) is 21.4. The third-order valence-corrected chi connectivity index (χ3v) is 4.60. The zero-order chi connectivity index (χ0) is 16.8. The Hall–Kier alpha value is -2.20. The van der Waals surface area contributed by atoms with Crippen molar-refractivity contribution in [3.63, 3.8) is 0 Å². The lowest BCUT2D eigenvalue weighted by molar-refractivity contribution is 0.0974. The molecule has 2 aromatic rings. The molecular formula is C20H25N3O. The van der Waals surface area contributed by atoms with Gasteiger partial charge in [-0.2, -0.15) is 0 Å². The minimum atomic E-state index is 0.252. The van der Waals surface area contributed by atoms with E-state index in [2.05, 4.69) is 20.9 Å². The van der Waals surface area contributed by atoms with Gasteiger partial charge in [0.05, 0.1) is 0 Å². The Bertz CT molecular complexity index is 646. The molecule has 1 aromatic carbocycles. The molecule has 0 atom stereocenters. The molecule has 1 fully saturated rings. The van der Waals surface area contributed by atoms with Crippen molar-refractivity contribution < 1.29 is 4.79 Å². The molecule has 1 aromatic heterocycles. The summed E-state index contributed by atoms with van der Waals surface area (Å²) in [6.07, 6.45) is 3.40. The van der Waals surface area contributed by atoms with Crippen molar-refractivity contribution in [1.29, 1.82) is 0 Å². The highest BCUT2D eigenvalue weighted by molar-refractivity contribution is 5.96. The van der Waals surface area contributed by atoms with Crippen LogP contribution in [0.5, 0.6) is 0 Å². The van der Waals surface area contributed by atoms with E-state index in [4.69, 9.17) is 0 Å². The van der Waals surface area contributed by atoms with E-state index >= 15 is 0 Å². The number of pyridine rings is 1. The minimum Gasteiger partial charge on any atom is -0.354 e. The van der Waals surface area contributed by atoms with Crippen molar-refractivity contribution in [2.24, 2.45) is 0 Å². The van der Waals surface area contributed by atoms with Crippen molar-refractivity contribution in [2.45, 2.75) is 19.8 Å². The number of aromatic nitrogens is 1. The summed E-state index contributed by atoms with van der Waals surface area (Å²) in [6, 6.07) is 13.9. The first-order valence-electron chi connectivity index (χ1n) is 8.70. The molecular weight excluding hydrogens is 298 g/mol. The van der Waals surface area contributed by atoms with Gasteiger partial charge in [-0.3, -0.25) is 9.69 Å². The highest BCUT2D eigenvalue weighted by atomic mass is 16.1. The maximum atomic E-state index is 12.2. The van der Waals surface area contributed by atoms with Crippen LogP contribution in [0, 0.1) is 6.92 Å². The standard InChI is InChI=1S/C20H25N3O/c1-17-7-9-18(10-8-17)19(24)5-4-12-22-13-15-23(16-14-22)20-6-2-3-11-21-20/h2-3,6-11H,4-5,12-16H2,1H3. The Morgan fingerprint density at radius 1 is 1.04 bits per heavy atom. The third kappa shape index (κ3) is 4.42. The number of Topliss-reactive ketones (excluding diaryl/α,β-unsaturated/α-hetero) is 1. The van der Waals surface area contributed by atoms with Crippen LogP contribution in [0.1, 0.15) is 28.8 Å². The van der Waals surface area contributed by atoms with E-state index in [1.165, 1.54) is 5.56 Å². The summed E-state index contributed by atoms with van der Waals surface area (Å²) < 4.78 is 0. The number of hydrogen-bond acceptors (Lipinski definition) is 4. The molecule has 4 heteroatoms. The lowest BCUT2D eigenvalue weighted by Gasteiger charge is -2.35. The molecule has 0 saturated carbocycles. The zero-order valence-electron chi connectivity index (χ0n) is 14.3. The van der Waals surface area contributed by atoms with E-state index in [1.807, 2.05) is 49.5 Å². The molecule has 0 amide bonds. The third-order valence-electron chi connectivity index (χ3n) is 4.60. The number of nitrogens with zero attached hydrogens (tertiary/aromatic N) is 3. The number of aryl methyl sites for hydroxylation is 1. The van der Waals surface area contributed by atoms with Gasteiger partial charge in [-0.1, -0.05) is 35.9 Å². The molecule has 1 aliphatic heterocycles. The summed E-state index contributed by atoms with van der Waals surface area (Å²) in [5, 5.41) is 0. The zero-order valence-corrected chi connectivity index (χ0v) is 14.3. The van der Waals surface area contributed by atoms with Gasteiger partial charge in [0.15, 0.2) is 5.78 Å². The van der Waals surface area contributed by atoms with Gasteiger partial charge in [0.25, 0.3) is 0 Å². The number of piperazine rings is 1. The highest BCUT2D eigenvalue weighted by Gasteiger charge is 2.17. The fourth-order valence-electron chi connectivity index (χ4n) is 3.09. The maximum Gasteiger partial charge on any atom is 0.162 e. The molecule has 126 valence electrons. The number of benzene rings is 1. The molecule has 0 radical (unpaired) electrons. The molecule has 3 rings (SSSR count). The normalized spacial score (nSPS) is 15.5. The van der Waals surface area contributed by atoms with Gasteiger partial charge in [-0.05, 0) is 32.0 Å². The van der Waals surface area contributed by atoms with Crippen molar-refractivity contribution in [1.82, 2.24) is 9.88 Å². The van der Waals surface area contributed by atoms with E-state index in [0.717, 1.165) is 50.5 Å². The first-order valence-corrected chi connectivity index (χ1v) is 8.70. The molecule has 1 saturated heterocycles. The summed E-state index contributed by atoms with van der Waals surface area (Å²) in [5.41, 5.74) is 2.03. The Kier molecular flexibility index (Phi) is 5.59. The van der Waals surface area contributed by atoms with E-state index in [9.17, 15) is 4.79 Å². The quantitative estimate of drug-likeness (QED) is 0.765. The second kappa shape index (κ2) is 8.06. The maximum absolute atomic E-state index is 12.2. The molecule has 0 spiro atoms. The SMILES string of the molecule is Cc1ccc(C(=O)CCCN2CCN(c3ccccn3)CC2)cc1. The van der Waals surface area contributed by atoms with Crippen molar-refractivity contribution in [3.05, 3.63) is 59.8 Å². The van der Waals surface area contributed by atoms with E-state index in [1.54, 1.807) is 0 Å². The number of ketones is 1. The fourth-order valence-corrected chi connectivity index (χ4v) is 3.09. The van der Waals surface area contributed by atoms with E-state index < -0.39 is 0 Å². The summed E-state index contributed by atoms with van der Waals surface area (Å²) in [6.45, 7) is 7.11. The van der Waals surface area contributed by atoms with Crippen LogP contribution in [0.3, 0.4) is 0 Å². The summed E-state index contributed by atoms with van der Waals surface area (Å²) >= 11 is 0. The molecule has 1 aliphatic rings. The molecule has 24 heavy (non-hydrogen) atoms. The van der Waals surface area contributed by atoms with E-state index in [0.29, 0.717) is 6.42 Å². The molecule has 0 N–H and O–H groups in total. The van der Waals surface area contributed by atoms with Crippen molar-refractivity contribution in [3.8, 4) is 0 Å². The predicted octanol–water partition coefficient (Wildman–Crippen LogP) is 3.18. The highest BCUT2D eigenvalue weighted by Crippen LogP contribution is 2.13. The Morgan fingerprint density at radius 2 is 1.79 bits per heavy atom. The molecule has 0 unspecified atom stereocenters. The van der Waals surface area contributed by atoms with Crippen LogP contribution < -0.4 is 4.90 Å². The monoisotopic (exact) mass is 323 g/mol. The average Bonchev–Trinajstić information content (AvgIpc) is 2.63. The Labute approximate surface area is 144 Å². The Morgan fingerprint density at radius 3 is 2.46 bits per heavy atom. The predicted molar refractivity (Wildman–Crippen MR) is 97.6 cm³/mol. The molecule has 2 heterocycles. The first-order chi connectivity index (χ1) is 11.7. The fraction of sp³-hybridized carbons (Fsp3) is 0.400. The largest absolute Gasteiger partial charge is 0.354 e. The second-order valence-corrected chi connectivity index (χ2v) is 6.41. The number of hydrogen-bond donors (Lipinski definition) is 0. The number of rotatable bonds is 6. The van der Waals surface area contributed by atoms with Crippen LogP contribution >= 0.6 is 0 Å². The van der Waals surface area contributed by atoms with Gasteiger partial charge in [0.1, 0.15) is 5.82 Å². The number of carbonyl (C=O) groups is 1. The van der Waals surface area contributed by atoms with Crippen LogP contribution in [0.25, 0.3) is 0 Å². The molecule has 0 bridgehead atoms. The van der Waals surface area contributed by atoms with Gasteiger partial charge < -0.3 is 4.90 Å². The van der Waals surface area contributed by atoms with Gasteiger partial charge in [0, 0.05) is 44.4 Å². The minimum absolute atomic E-state index is 0.252. The second-order valence-electron chi connectivity index (χ2n) is 6.41. The van der Waals surface area contributed by atoms with Gasteiger partial charge in [-0.25, -0.2) is 4.98 Å². The van der Waals surface area contributed by atoms with E-state index in [-0.39, 0.29) is 5.78 Å². The average molecular weight is 323 g/mol. The molecule has 0 aliphatic carbocycles. The lowest BCUT2D eigenvalue weighted by Crippen LogP contribution is -2.46. The lowest BCUT2D eigenvalue weighted by atomic mass is 10.0. The van der Waals surface area contributed by atoms with Crippen molar-refractivity contribution in [2.75, 3.05) is 37.6 Å². The van der Waals surface area contributed by atoms with Crippen LogP contribution in [-0.2, 0) is 0 Å². The van der Waals surface area contributed by atoms with Crippen LogP contribution in [0.4, 0.5) is 5.82 Å². The van der Waals surface area contributed by atoms with Crippen LogP contribution in [-0.4, -0.2) is 48.4 Å². The van der Waals surface area contributed by atoms with Gasteiger partial charge >= 0.3 is 0 Å². The topological polar surface area (TPSA) is 36.4 Å². The molecule has 4 nitrogen and oxygen atoms in total. The number of anilines is 1.